The number of halogens is 1. The molecule has 0 saturated carbocycles. The van der Waals surface area contributed by atoms with Gasteiger partial charge < -0.3 is 9.63 Å². The van der Waals surface area contributed by atoms with Gasteiger partial charge in [0, 0.05) is 10.5 Å². The maximum absolute atomic E-state index is 12.9. The topological polar surface area (TPSA) is 59.2 Å². The van der Waals surface area contributed by atoms with Crippen molar-refractivity contribution in [2.75, 3.05) is 0 Å². The van der Waals surface area contributed by atoms with Crippen LogP contribution in [-0.4, -0.2) is 15.2 Å². The van der Waals surface area contributed by atoms with Gasteiger partial charge in [-0.15, -0.1) is 11.8 Å². The number of hydrogen-bond donors (Lipinski definition) is 1. The normalized spacial score (nSPS) is 10.7. The molecule has 0 fully saturated rings. The zero-order valence-corrected chi connectivity index (χ0v) is 11.7. The van der Waals surface area contributed by atoms with Crippen LogP contribution in [0.1, 0.15) is 5.82 Å². The molecule has 6 heteroatoms. The summed E-state index contributed by atoms with van der Waals surface area (Å²) >= 11 is 1.49. The first kappa shape index (κ1) is 13.6. The van der Waals surface area contributed by atoms with Crippen LogP contribution in [0.15, 0.2) is 57.9 Å². The molecule has 0 bridgehead atoms. The summed E-state index contributed by atoms with van der Waals surface area (Å²) in [7, 11) is 0. The summed E-state index contributed by atoms with van der Waals surface area (Å²) < 4.78 is 18.0. The molecule has 106 valence electrons. The lowest BCUT2D eigenvalue weighted by atomic mass is 10.2. The first-order valence-electron chi connectivity index (χ1n) is 6.21. The molecule has 1 N–H and O–H groups in total. The van der Waals surface area contributed by atoms with Crippen LogP contribution in [-0.2, 0) is 5.75 Å². The van der Waals surface area contributed by atoms with Crippen LogP contribution in [0.5, 0.6) is 5.75 Å². The van der Waals surface area contributed by atoms with E-state index < -0.39 is 0 Å². The molecule has 0 aliphatic heterocycles. The van der Waals surface area contributed by atoms with Gasteiger partial charge in [-0.3, -0.25) is 0 Å². The summed E-state index contributed by atoms with van der Waals surface area (Å²) in [6, 6.07) is 12.8. The summed E-state index contributed by atoms with van der Waals surface area (Å²) in [5, 5.41) is 13.3. The van der Waals surface area contributed by atoms with E-state index in [1.807, 2.05) is 6.07 Å². The maximum Gasteiger partial charge on any atom is 0.257 e. The van der Waals surface area contributed by atoms with Crippen LogP contribution in [0, 0.1) is 5.82 Å². The zero-order valence-electron chi connectivity index (χ0n) is 10.9. The number of aromatic nitrogens is 2. The lowest BCUT2D eigenvalue weighted by molar-refractivity contribution is 0.425. The van der Waals surface area contributed by atoms with Crippen molar-refractivity contribution in [2.24, 2.45) is 0 Å². The van der Waals surface area contributed by atoms with Crippen LogP contribution in [0.4, 0.5) is 4.39 Å². The quantitative estimate of drug-likeness (QED) is 0.741. The number of benzene rings is 2. The fraction of sp³-hybridized carbons (Fsp3) is 0.0667. The highest BCUT2D eigenvalue weighted by Crippen LogP contribution is 2.25. The third-order valence-electron chi connectivity index (χ3n) is 2.74. The van der Waals surface area contributed by atoms with Crippen molar-refractivity contribution in [1.29, 1.82) is 0 Å². The van der Waals surface area contributed by atoms with Gasteiger partial charge in [0.05, 0.1) is 5.75 Å². The van der Waals surface area contributed by atoms with Crippen molar-refractivity contribution in [1.82, 2.24) is 10.1 Å². The molecule has 0 radical (unpaired) electrons. The zero-order chi connectivity index (χ0) is 14.7. The average Bonchev–Trinajstić information content (AvgIpc) is 2.95. The monoisotopic (exact) mass is 302 g/mol. The van der Waals surface area contributed by atoms with Gasteiger partial charge in [0.2, 0.25) is 0 Å². The molecule has 1 aromatic heterocycles. The molecule has 0 unspecified atom stereocenters. The Kier molecular flexibility index (Phi) is 3.87. The molecule has 0 saturated heterocycles. The molecule has 0 amide bonds. The van der Waals surface area contributed by atoms with E-state index in [2.05, 4.69) is 10.1 Å². The van der Waals surface area contributed by atoms with E-state index in [0.29, 0.717) is 23.0 Å². The highest BCUT2D eigenvalue weighted by Gasteiger charge is 2.09. The van der Waals surface area contributed by atoms with E-state index in [0.717, 1.165) is 4.90 Å². The van der Waals surface area contributed by atoms with Crippen molar-refractivity contribution in [3.05, 3.63) is 60.2 Å². The van der Waals surface area contributed by atoms with Gasteiger partial charge >= 0.3 is 0 Å². The summed E-state index contributed by atoms with van der Waals surface area (Å²) in [5.74, 6) is 1.34. The lowest BCUT2D eigenvalue weighted by Gasteiger charge is -1.98. The Labute approximate surface area is 124 Å². The standard InChI is InChI=1S/C15H11FN2O2S/c16-11-6-4-10(5-7-11)15-17-14(18-20-15)9-21-13-3-1-2-12(19)8-13/h1-8,19H,9H2. The molecule has 3 rings (SSSR count). The Morgan fingerprint density at radius 2 is 1.95 bits per heavy atom. The third kappa shape index (κ3) is 3.41. The predicted octanol–water partition coefficient (Wildman–Crippen LogP) is 3.87. The van der Waals surface area contributed by atoms with E-state index >= 15 is 0 Å². The fourth-order valence-corrected chi connectivity index (χ4v) is 2.54. The molecular formula is C15H11FN2O2S. The van der Waals surface area contributed by atoms with Gasteiger partial charge in [0.1, 0.15) is 11.6 Å². The lowest BCUT2D eigenvalue weighted by Crippen LogP contribution is -1.84. The second-order valence-corrected chi connectivity index (χ2v) is 5.36. The van der Waals surface area contributed by atoms with Gasteiger partial charge in [-0.2, -0.15) is 4.98 Å². The minimum absolute atomic E-state index is 0.222. The number of rotatable bonds is 4. The highest BCUT2D eigenvalue weighted by atomic mass is 32.2. The second-order valence-electron chi connectivity index (χ2n) is 4.31. The van der Waals surface area contributed by atoms with Gasteiger partial charge in [-0.05, 0) is 42.5 Å². The number of phenols is 1. The first-order valence-corrected chi connectivity index (χ1v) is 7.19. The van der Waals surface area contributed by atoms with Crippen LogP contribution < -0.4 is 0 Å². The number of thioether (sulfide) groups is 1. The smallest absolute Gasteiger partial charge is 0.257 e. The molecule has 3 aromatic rings. The van der Waals surface area contributed by atoms with Crippen molar-refractivity contribution in [3.8, 4) is 17.2 Å². The molecule has 4 nitrogen and oxygen atoms in total. The van der Waals surface area contributed by atoms with Crippen LogP contribution in [0.3, 0.4) is 0 Å². The summed E-state index contributed by atoms with van der Waals surface area (Å²) in [4.78, 5) is 5.18. The van der Waals surface area contributed by atoms with E-state index in [-0.39, 0.29) is 11.6 Å². The second kappa shape index (κ2) is 5.97. The predicted molar refractivity (Wildman–Crippen MR) is 77.4 cm³/mol. The van der Waals surface area contributed by atoms with Crippen molar-refractivity contribution in [2.45, 2.75) is 10.6 Å². The number of aromatic hydroxyl groups is 1. The van der Waals surface area contributed by atoms with Crippen molar-refractivity contribution in [3.63, 3.8) is 0 Å². The molecule has 0 aliphatic carbocycles. The van der Waals surface area contributed by atoms with E-state index in [1.54, 1.807) is 30.3 Å². The van der Waals surface area contributed by atoms with Crippen LogP contribution in [0.25, 0.3) is 11.5 Å². The van der Waals surface area contributed by atoms with Gasteiger partial charge in [0.25, 0.3) is 5.89 Å². The summed E-state index contributed by atoms with van der Waals surface area (Å²) in [6.07, 6.45) is 0. The maximum atomic E-state index is 12.9. The number of nitrogens with zero attached hydrogens (tertiary/aromatic N) is 2. The Bertz CT molecular complexity index is 743. The van der Waals surface area contributed by atoms with E-state index in [1.165, 1.54) is 23.9 Å². The van der Waals surface area contributed by atoms with Gasteiger partial charge in [-0.25, -0.2) is 4.39 Å². The molecule has 1 heterocycles. The Morgan fingerprint density at radius 3 is 2.71 bits per heavy atom. The van der Waals surface area contributed by atoms with Crippen molar-refractivity contribution >= 4 is 11.8 Å². The number of phenolic OH excluding ortho intramolecular Hbond substituents is 1. The first-order chi connectivity index (χ1) is 10.2. The SMILES string of the molecule is Oc1cccc(SCc2noc(-c3ccc(F)cc3)n2)c1. The molecule has 0 aliphatic rings. The molecule has 2 aromatic carbocycles. The Hall–Kier alpha value is -2.34. The van der Waals surface area contributed by atoms with E-state index in [4.69, 9.17) is 4.52 Å². The molecular weight excluding hydrogens is 291 g/mol. The van der Waals surface area contributed by atoms with Crippen LogP contribution >= 0.6 is 11.8 Å². The molecule has 21 heavy (non-hydrogen) atoms. The Balaban J connectivity index is 1.69. The Morgan fingerprint density at radius 1 is 1.14 bits per heavy atom. The minimum atomic E-state index is -0.307. The minimum Gasteiger partial charge on any atom is -0.508 e. The van der Waals surface area contributed by atoms with Gasteiger partial charge in [-0.1, -0.05) is 11.2 Å². The summed E-state index contributed by atoms with van der Waals surface area (Å²) in [6.45, 7) is 0. The largest absolute Gasteiger partial charge is 0.508 e. The number of hydrogen-bond acceptors (Lipinski definition) is 5. The molecule has 0 spiro atoms. The van der Waals surface area contributed by atoms with E-state index in [9.17, 15) is 9.50 Å². The average molecular weight is 302 g/mol. The summed E-state index contributed by atoms with van der Waals surface area (Å²) in [5.41, 5.74) is 0.678. The third-order valence-corrected chi connectivity index (χ3v) is 3.73. The fourth-order valence-electron chi connectivity index (χ4n) is 1.74. The highest BCUT2D eigenvalue weighted by molar-refractivity contribution is 7.98. The van der Waals surface area contributed by atoms with Crippen LogP contribution in [0.2, 0.25) is 0 Å². The van der Waals surface area contributed by atoms with Crippen molar-refractivity contribution < 1.29 is 14.0 Å². The molecule has 0 atom stereocenters. The van der Waals surface area contributed by atoms with Gasteiger partial charge in [0.15, 0.2) is 5.82 Å².